The van der Waals surface area contributed by atoms with Crippen LogP contribution in [-0.2, 0) is 6.54 Å². The minimum absolute atomic E-state index is 0.195. The van der Waals surface area contributed by atoms with Crippen LogP contribution >= 0.6 is 0 Å². The van der Waals surface area contributed by atoms with Gasteiger partial charge in [0, 0.05) is 49.7 Å². The molecule has 1 aromatic carbocycles. The monoisotopic (exact) mass is 300 g/mol. The van der Waals surface area contributed by atoms with Crippen LogP contribution in [0.4, 0.5) is 15.9 Å². The highest BCUT2D eigenvalue weighted by Gasteiger charge is 2.20. The molecule has 116 valence electrons. The van der Waals surface area contributed by atoms with E-state index in [9.17, 15) is 4.39 Å². The maximum atomic E-state index is 13.0. The Hall–Kier alpha value is -2.14. The number of piperazine rings is 1. The number of aryl methyl sites for hydroxylation is 1. The number of rotatable bonds is 3. The quantitative estimate of drug-likeness (QED) is 0.945. The zero-order chi connectivity index (χ0) is 15.5. The maximum Gasteiger partial charge on any atom is 0.133 e. The van der Waals surface area contributed by atoms with E-state index in [-0.39, 0.29) is 5.82 Å². The van der Waals surface area contributed by atoms with Crippen LogP contribution in [-0.4, -0.2) is 31.2 Å². The average molecular weight is 300 g/mol. The molecule has 1 saturated heterocycles. The molecule has 0 aliphatic carbocycles. The first-order valence-electron chi connectivity index (χ1n) is 7.59. The SMILES string of the molecule is Cc1ccc(CN)c(N2CCN(c3ccc(F)cc3)CC2)n1. The summed E-state index contributed by atoms with van der Waals surface area (Å²) >= 11 is 0. The molecule has 0 atom stereocenters. The lowest BCUT2D eigenvalue weighted by Crippen LogP contribution is -2.47. The van der Waals surface area contributed by atoms with Crippen LogP contribution in [0.5, 0.6) is 0 Å². The molecule has 22 heavy (non-hydrogen) atoms. The zero-order valence-corrected chi connectivity index (χ0v) is 12.8. The van der Waals surface area contributed by atoms with E-state index >= 15 is 0 Å². The lowest BCUT2D eigenvalue weighted by atomic mass is 10.2. The Morgan fingerprint density at radius 3 is 2.27 bits per heavy atom. The van der Waals surface area contributed by atoms with E-state index in [2.05, 4.69) is 20.9 Å². The van der Waals surface area contributed by atoms with Gasteiger partial charge in [0.2, 0.25) is 0 Å². The third-order valence-corrected chi connectivity index (χ3v) is 4.09. The van der Waals surface area contributed by atoms with Crippen molar-refractivity contribution in [3.05, 3.63) is 53.5 Å². The number of nitrogens with two attached hydrogens (primary N) is 1. The summed E-state index contributed by atoms with van der Waals surface area (Å²) in [7, 11) is 0. The van der Waals surface area contributed by atoms with Gasteiger partial charge in [-0.15, -0.1) is 0 Å². The summed E-state index contributed by atoms with van der Waals surface area (Å²) in [6.45, 7) is 6.07. The molecule has 5 heteroatoms. The van der Waals surface area contributed by atoms with Gasteiger partial charge in [-0.05, 0) is 37.3 Å². The van der Waals surface area contributed by atoms with Gasteiger partial charge in [-0.2, -0.15) is 0 Å². The summed E-state index contributed by atoms with van der Waals surface area (Å²) in [5.41, 5.74) is 8.99. The first-order valence-corrected chi connectivity index (χ1v) is 7.59. The fourth-order valence-electron chi connectivity index (χ4n) is 2.83. The van der Waals surface area contributed by atoms with Crippen LogP contribution in [0.2, 0.25) is 0 Å². The van der Waals surface area contributed by atoms with Crippen molar-refractivity contribution >= 4 is 11.5 Å². The molecule has 2 N–H and O–H groups in total. The van der Waals surface area contributed by atoms with Crippen LogP contribution in [0.1, 0.15) is 11.3 Å². The van der Waals surface area contributed by atoms with Crippen LogP contribution in [0, 0.1) is 12.7 Å². The number of pyridine rings is 1. The Kier molecular flexibility index (Phi) is 4.24. The minimum Gasteiger partial charge on any atom is -0.368 e. The van der Waals surface area contributed by atoms with E-state index in [0.29, 0.717) is 6.54 Å². The molecule has 0 spiro atoms. The van der Waals surface area contributed by atoms with E-state index in [1.807, 2.05) is 25.1 Å². The van der Waals surface area contributed by atoms with E-state index in [0.717, 1.165) is 48.9 Å². The maximum absolute atomic E-state index is 13.0. The second kappa shape index (κ2) is 6.32. The lowest BCUT2D eigenvalue weighted by molar-refractivity contribution is 0.623. The third kappa shape index (κ3) is 3.04. The number of aromatic nitrogens is 1. The van der Waals surface area contributed by atoms with Crippen molar-refractivity contribution in [2.24, 2.45) is 5.73 Å². The van der Waals surface area contributed by atoms with Gasteiger partial charge in [-0.3, -0.25) is 0 Å². The van der Waals surface area contributed by atoms with Crippen LogP contribution in [0.15, 0.2) is 36.4 Å². The standard InChI is InChI=1S/C17H21FN4/c1-13-2-3-14(12-19)17(20-13)22-10-8-21(9-11-22)16-6-4-15(18)5-7-16/h2-7H,8-12,19H2,1H3. The summed E-state index contributed by atoms with van der Waals surface area (Å²) < 4.78 is 13.0. The molecule has 2 heterocycles. The number of benzene rings is 1. The Morgan fingerprint density at radius 1 is 1.00 bits per heavy atom. The van der Waals surface area contributed by atoms with Crippen molar-refractivity contribution in [1.82, 2.24) is 4.98 Å². The first-order chi connectivity index (χ1) is 10.7. The largest absolute Gasteiger partial charge is 0.368 e. The van der Waals surface area contributed by atoms with Crippen molar-refractivity contribution in [3.8, 4) is 0 Å². The summed E-state index contributed by atoms with van der Waals surface area (Å²) in [4.78, 5) is 9.21. The van der Waals surface area contributed by atoms with Crippen LogP contribution < -0.4 is 15.5 Å². The Morgan fingerprint density at radius 2 is 1.64 bits per heavy atom. The van der Waals surface area contributed by atoms with Crippen LogP contribution in [0.25, 0.3) is 0 Å². The van der Waals surface area contributed by atoms with Gasteiger partial charge in [0.25, 0.3) is 0 Å². The van der Waals surface area contributed by atoms with Gasteiger partial charge in [-0.25, -0.2) is 9.37 Å². The molecule has 1 aliphatic heterocycles. The number of nitrogens with zero attached hydrogens (tertiary/aromatic N) is 3. The molecule has 0 unspecified atom stereocenters. The molecule has 1 fully saturated rings. The number of halogens is 1. The first kappa shape index (κ1) is 14.8. The van der Waals surface area contributed by atoms with Gasteiger partial charge in [-0.1, -0.05) is 6.07 Å². The molecule has 0 amide bonds. The zero-order valence-electron chi connectivity index (χ0n) is 12.8. The molecule has 1 aromatic heterocycles. The predicted molar refractivity (Wildman–Crippen MR) is 87.7 cm³/mol. The Labute approximate surface area is 130 Å². The lowest BCUT2D eigenvalue weighted by Gasteiger charge is -2.37. The topological polar surface area (TPSA) is 45.4 Å². The fraction of sp³-hybridized carbons (Fsp3) is 0.353. The highest BCUT2D eigenvalue weighted by molar-refractivity contribution is 5.52. The third-order valence-electron chi connectivity index (χ3n) is 4.09. The summed E-state index contributed by atoms with van der Waals surface area (Å²) in [5.74, 6) is 0.806. The Bertz CT molecular complexity index is 634. The van der Waals surface area contributed by atoms with E-state index < -0.39 is 0 Å². The highest BCUT2D eigenvalue weighted by Crippen LogP contribution is 2.22. The van der Waals surface area contributed by atoms with Gasteiger partial charge in [0.15, 0.2) is 0 Å². The van der Waals surface area contributed by atoms with Gasteiger partial charge >= 0.3 is 0 Å². The second-order valence-electron chi connectivity index (χ2n) is 5.59. The highest BCUT2D eigenvalue weighted by atomic mass is 19.1. The molecule has 2 aromatic rings. The average Bonchev–Trinajstić information content (AvgIpc) is 2.56. The molecule has 0 saturated carbocycles. The second-order valence-corrected chi connectivity index (χ2v) is 5.59. The smallest absolute Gasteiger partial charge is 0.133 e. The van der Waals surface area contributed by atoms with E-state index in [4.69, 9.17) is 5.73 Å². The van der Waals surface area contributed by atoms with Crippen molar-refractivity contribution < 1.29 is 4.39 Å². The number of hydrogen-bond acceptors (Lipinski definition) is 4. The van der Waals surface area contributed by atoms with Crippen LogP contribution in [0.3, 0.4) is 0 Å². The fourth-order valence-corrected chi connectivity index (χ4v) is 2.83. The summed E-state index contributed by atoms with van der Waals surface area (Å²) in [6, 6.07) is 10.7. The molecular weight excluding hydrogens is 279 g/mol. The normalized spacial score (nSPS) is 15.2. The molecule has 4 nitrogen and oxygen atoms in total. The molecule has 1 aliphatic rings. The van der Waals surface area contributed by atoms with Gasteiger partial charge in [0.05, 0.1) is 0 Å². The van der Waals surface area contributed by atoms with Crippen molar-refractivity contribution in [1.29, 1.82) is 0 Å². The molecular formula is C17H21FN4. The predicted octanol–water partition coefficient (Wildman–Crippen LogP) is 2.31. The minimum atomic E-state index is -0.195. The van der Waals surface area contributed by atoms with E-state index in [1.54, 1.807) is 0 Å². The number of hydrogen-bond donors (Lipinski definition) is 1. The van der Waals surface area contributed by atoms with Gasteiger partial charge in [0.1, 0.15) is 11.6 Å². The van der Waals surface area contributed by atoms with Crippen molar-refractivity contribution in [2.45, 2.75) is 13.5 Å². The molecule has 0 radical (unpaired) electrons. The Balaban J connectivity index is 1.71. The summed E-state index contributed by atoms with van der Waals surface area (Å²) in [5, 5.41) is 0. The van der Waals surface area contributed by atoms with E-state index in [1.165, 1.54) is 12.1 Å². The molecule has 3 rings (SSSR count). The number of anilines is 2. The summed E-state index contributed by atoms with van der Waals surface area (Å²) in [6.07, 6.45) is 0. The molecule has 0 bridgehead atoms. The van der Waals surface area contributed by atoms with Gasteiger partial charge < -0.3 is 15.5 Å². The van der Waals surface area contributed by atoms with Crippen molar-refractivity contribution in [2.75, 3.05) is 36.0 Å². The van der Waals surface area contributed by atoms with Crippen molar-refractivity contribution in [3.63, 3.8) is 0 Å².